The lowest BCUT2D eigenvalue weighted by molar-refractivity contribution is -0.387. The van der Waals surface area contributed by atoms with Gasteiger partial charge in [-0.05, 0) is 19.1 Å². The molecule has 0 radical (unpaired) electrons. The summed E-state index contributed by atoms with van der Waals surface area (Å²) >= 11 is 1.24. The number of hydrogen-bond acceptors (Lipinski definition) is 6. The van der Waals surface area contributed by atoms with Gasteiger partial charge < -0.3 is 11.1 Å². The summed E-state index contributed by atoms with van der Waals surface area (Å²) in [7, 11) is 0. The highest BCUT2D eigenvalue weighted by Crippen LogP contribution is 2.22. The third-order valence-corrected chi connectivity index (χ3v) is 3.59. The molecule has 110 valence electrons. The number of rotatable bonds is 4. The molecule has 9 heteroatoms. The van der Waals surface area contributed by atoms with E-state index in [1.165, 1.54) is 22.8 Å². The van der Waals surface area contributed by atoms with Crippen LogP contribution in [0.1, 0.15) is 28.5 Å². The van der Waals surface area contributed by atoms with Gasteiger partial charge >= 0.3 is 5.69 Å². The summed E-state index contributed by atoms with van der Waals surface area (Å²) in [5.74, 6) is -1.51. The quantitative estimate of drug-likeness (QED) is 0.665. The van der Waals surface area contributed by atoms with Gasteiger partial charge in [-0.1, -0.05) is 0 Å². The molecule has 1 atom stereocenters. The average Bonchev–Trinajstić information content (AvgIpc) is 2.90. The number of halogens is 1. The molecular weight excluding hydrogens is 299 g/mol. The number of benzene rings is 1. The predicted molar refractivity (Wildman–Crippen MR) is 75.7 cm³/mol. The Morgan fingerprint density at radius 3 is 2.86 bits per heavy atom. The van der Waals surface area contributed by atoms with E-state index in [1.807, 2.05) is 0 Å². The van der Waals surface area contributed by atoms with Crippen molar-refractivity contribution in [2.75, 3.05) is 5.32 Å². The molecule has 2 aromatic rings. The first-order valence-electron chi connectivity index (χ1n) is 5.84. The molecule has 1 amide bonds. The van der Waals surface area contributed by atoms with Crippen molar-refractivity contribution in [2.24, 2.45) is 5.73 Å². The van der Waals surface area contributed by atoms with Gasteiger partial charge in [-0.25, -0.2) is 4.98 Å². The second kappa shape index (κ2) is 5.94. The lowest BCUT2D eigenvalue weighted by Crippen LogP contribution is -2.13. The molecule has 3 N–H and O–H groups in total. The molecule has 2 rings (SSSR count). The summed E-state index contributed by atoms with van der Waals surface area (Å²) in [5, 5.41) is 15.2. The van der Waals surface area contributed by atoms with Crippen LogP contribution in [0.15, 0.2) is 23.6 Å². The highest BCUT2D eigenvalue weighted by molar-refractivity contribution is 7.09. The molecular formula is C12H11FN4O3S. The van der Waals surface area contributed by atoms with E-state index in [9.17, 15) is 19.3 Å². The number of nitro groups is 1. The van der Waals surface area contributed by atoms with Gasteiger partial charge in [0, 0.05) is 17.1 Å². The first-order valence-corrected chi connectivity index (χ1v) is 6.72. The van der Waals surface area contributed by atoms with E-state index in [-0.39, 0.29) is 17.4 Å². The molecule has 1 heterocycles. The first kappa shape index (κ1) is 15.0. The zero-order valence-electron chi connectivity index (χ0n) is 10.9. The summed E-state index contributed by atoms with van der Waals surface area (Å²) in [5.41, 5.74) is 5.21. The molecule has 0 spiro atoms. The summed E-state index contributed by atoms with van der Waals surface area (Å²) in [6.07, 6.45) is 0. The molecule has 0 saturated heterocycles. The molecule has 7 nitrogen and oxygen atoms in total. The Hall–Kier alpha value is -2.39. The second-order valence-electron chi connectivity index (χ2n) is 4.24. The fourth-order valence-corrected chi connectivity index (χ4v) is 2.28. The molecule has 1 aromatic carbocycles. The van der Waals surface area contributed by atoms with Gasteiger partial charge in [-0.3, -0.25) is 14.9 Å². The van der Waals surface area contributed by atoms with Crippen LogP contribution in [0.2, 0.25) is 0 Å². The minimum Gasteiger partial charge on any atom is -0.322 e. The fourth-order valence-electron chi connectivity index (χ4n) is 1.53. The maximum atomic E-state index is 13.2. The standard InChI is InChI=1S/C12H11FN4O3S/c1-6(14)12-16-9(5-21-12)11(18)15-7-2-3-8(13)10(4-7)17(19)20/h2-6H,14H2,1H3,(H,15,18). The van der Waals surface area contributed by atoms with Crippen LogP contribution in [0.25, 0.3) is 0 Å². The number of nitrogens with two attached hydrogens (primary N) is 1. The van der Waals surface area contributed by atoms with Crippen LogP contribution in [-0.2, 0) is 0 Å². The number of nitrogens with one attached hydrogen (secondary N) is 1. The van der Waals surface area contributed by atoms with Gasteiger partial charge in [0.25, 0.3) is 5.91 Å². The normalized spacial score (nSPS) is 12.0. The number of thiazole rings is 1. The van der Waals surface area contributed by atoms with E-state index in [2.05, 4.69) is 10.3 Å². The van der Waals surface area contributed by atoms with E-state index in [1.54, 1.807) is 6.92 Å². The lowest BCUT2D eigenvalue weighted by Gasteiger charge is -2.03. The smallest absolute Gasteiger partial charge is 0.306 e. The van der Waals surface area contributed by atoms with E-state index < -0.39 is 22.3 Å². The molecule has 0 aliphatic rings. The largest absolute Gasteiger partial charge is 0.322 e. The monoisotopic (exact) mass is 310 g/mol. The maximum Gasteiger partial charge on any atom is 0.306 e. The fraction of sp³-hybridized carbons (Fsp3) is 0.167. The Morgan fingerprint density at radius 1 is 1.57 bits per heavy atom. The van der Waals surface area contributed by atoms with Gasteiger partial charge in [0.15, 0.2) is 0 Å². The number of carbonyl (C=O) groups is 1. The van der Waals surface area contributed by atoms with Gasteiger partial charge in [-0.2, -0.15) is 4.39 Å². The Morgan fingerprint density at radius 2 is 2.29 bits per heavy atom. The van der Waals surface area contributed by atoms with Crippen molar-refractivity contribution in [1.82, 2.24) is 4.98 Å². The van der Waals surface area contributed by atoms with E-state index in [4.69, 9.17) is 5.73 Å². The van der Waals surface area contributed by atoms with Crippen molar-refractivity contribution in [3.05, 3.63) is 50.2 Å². The number of carbonyl (C=O) groups excluding carboxylic acids is 1. The van der Waals surface area contributed by atoms with Gasteiger partial charge in [0.2, 0.25) is 5.82 Å². The minimum absolute atomic E-state index is 0.114. The van der Waals surface area contributed by atoms with Crippen LogP contribution < -0.4 is 11.1 Å². The van der Waals surface area contributed by atoms with Gasteiger partial charge in [-0.15, -0.1) is 11.3 Å². The van der Waals surface area contributed by atoms with Crippen LogP contribution in [0.3, 0.4) is 0 Å². The summed E-state index contributed by atoms with van der Waals surface area (Å²) in [6, 6.07) is 2.82. The summed E-state index contributed by atoms with van der Waals surface area (Å²) in [4.78, 5) is 25.8. The topological polar surface area (TPSA) is 111 Å². The molecule has 0 aliphatic carbocycles. The van der Waals surface area contributed by atoms with Crippen LogP contribution in [0, 0.1) is 15.9 Å². The Kier molecular flexibility index (Phi) is 4.24. The van der Waals surface area contributed by atoms with Crippen molar-refractivity contribution in [2.45, 2.75) is 13.0 Å². The second-order valence-corrected chi connectivity index (χ2v) is 5.13. The van der Waals surface area contributed by atoms with Crippen LogP contribution >= 0.6 is 11.3 Å². The zero-order chi connectivity index (χ0) is 15.6. The van der Waals surface area contributed by atoms with Crippen molar-refractivity contribution in [1.29, 1.82) is 0 Å². The number of nitro benzene ring substituents is 1. The highest BCUT2D eigenvalue weighted by Gasteiger charge is 2.17. The molecule has 0 fully saturated rings. The van der Waals surface area contributed by atoms with E-state index >= 15 is 0 Å². The van der Waals surface area contributed by atoms with Crippen LogP contribution in [0.4, 0.5) is 15.8 Å². The third-order valence-electron chi connectivity index (χ3n) is 2.54. The van der Waals surface area contributed by atoms with Crippen molar-refractivity contribution < 1.29 is 14.1 Å². The van der Waals surface area contributed by atoms with Crippen molar-refractivity contribution in [3.63, 3.8) is 0 Å². The maximum absolute atomic E-state index is 13.2. The number of hydrogen-bond donors (Lipinski definition) is 2. The Labute approximate surface area is 122 Å². The van der Waals surface area contributed by atoms with Crippen molar-refractivity contribution >= 4 is 28.6 Å². The molecule has 0 bridgehead atoms. The summed E-state index contributed by atoms with van der Waals surface area (Å²) < 4.78 is 13.2. The first-order chi connectivity index (χ1) is 9.88. The third kappa shape index (κ3) is 3.38. The van der Waals surface area contributed by atoms with Crippen molar-refractivity contribution in [3.8, 4) is 0 Å². The van der Waals surface area contributed by atoms with Gasteiger partial charge in [0.05, 0.1) is 11.0 Å². The number of aromatic nitrogens is 1. The molecule has 0 aliphatic heterocycles. The molecule has 0 saturated carbocycles. The Bertz CT molecular complexity index is 702. The number of amides is 1. The zero-order valence-corrected chi connectivity index (χ0v) is 11.7. The molecule has 1 aromatic heterocycles. The van der Waals surface area contributed by atoms with Crippen LogP contribution in [0.5, 0.6) is 0 Å². The molecule has 1 unspecified atom stereocenters. The van der Waals surface area contributed by atoms with E-state index in [0.717, 1.165) is 12.1 Å². The average molecular weight is 310 g/mol. The SMILES string of the molecule is CC(N)c1nc(C(=O)Nc2ccc(F)c([N+](=O)[O-])c2)cs1. The number of anilines is 1. The Balaban J connectivity index is 2.19. The predicted octanol–water partition coefficient (Wildman–Crippen LogP) is 2.46. The lowest BCUT2D eigenvalue weighted by atomic mass is 10.2. The van der Waals surface area contributed by atoms with Crippen LogP contribution in [-0.4, -0.2) is 15.8 Å². The number of nitrogens with zero attached hydrogens (tertiary/aromatic N) is 2. The molecule has 21 heavy (non-hydrogen) atoms. The minimum atomic E-state index is -0.967. The van der Waals surface area contributed by atoms with E-state index in [0.29, 0.717) is 5.01 Å². The highest BCUT2D eigenvalue weighted by atomic mass is 32.1. The summed E-state index contributed by atoms with van der Waals surface area (Å²) in [6.45, 7) is 1.74. The van der Waals surface area contributed by atoms with Gasteiger partial charge in [0.1, 0.15) is 10.7 Å².